The largest absolute Gasteiger partial charge is 0.344 e. The molecule has 38 heavy (non-hydrogen) atoms. The van der Waals surface area contributed by atoms with Crippen LogP contribution < -0.4 is 5.32 Å². The number of carbonyl (C=O) groups is 3. The van der Waals surface area contributed by atoms with E-state index in [0.29, 0.717) is 42.9 Å². The molecule has 2 heterocycles. The Morgan fingerprint density at radius 2 is 1.87 bits per heavy atom. The predicted octanol–water partition coefficient (Wildman–Crippen LogP) is 3.74. The van der Waals surface area contributed by atoms with Gasteiger partial charge in [-0.15, -0.1) is 0 Å². The fraction of sp³-hybridized carbons (Fsp3) is 0.700. The highest BCUT2D eigenvalue weighted by Gasteiger charge is 2.41. The Morgan fingerprint density at radius 3 is 2.53 bits per heavy atom. The van der Waals surface area contributed by atoms with Crippen molar-refractivity contribution in [3.05, 3.63) is 34.9 Å². The SMILES string of the molecule is CCc1ccc2c(c1)CN(C1CCN(C(=O)[C@@H](NC(=O)[C@H](CC3CCCC3)CN(O)C=O)C(C)(C)C)C1)C2. The maximum atomic E-state index is 13.8. The van der Waals surface area contributed by atoms with Crippen LogP contribution in [-0.4, -0.2) is 70.0 Å². The van der Waals surface area contributed by atoms with Crippen molar-refractivity contribution in [2.75, 3.05) is 19.6 Å². The van der Waals surface area contributed by atoms with Gasteiger partial charge >= 0.3 is 0 Å². The maximum absolute atomic E-state index is 13.8. The first-order valence-corrected chi connectivity index (χ1v) is 14.4. The van der Waals surface area contributed by atoms with Gasteiger partial charge in [-0.1, -0.05) is 71.6 Å². The van der Waals surface area contributed by atoms with Crippen molar-refractivity contribution in [1.29, 1.82) is 0 Å². The Kier molecular flexibility index (Phi) is 9.14. The van der Waals surface area contributed by atoms with Crippen LogP contribution in [0.4, 0.5) is 0 Å². The fourth-order valence-corrected chi connectivity index (χ4v) is 6.47. The van der Waals surface area contributed by atoms with Crippen LogP contribution >= 0.6 is 0 Å². The molecule has 2 aliphatic heterocycles. The molecule has 0 spiro atoms. The zero-order chi connectivity index (χ0) is 27.4. The van der Waals surface area contributed by atoms with E-state index >= 15 is 0 Å². The van der Waals surface area contributed by atoms with Crippen molar-refractivity contribution >= 4 is 18.2 Å². The molecule has 3 atom stereocenters. The van der Waals surface area contributed by atoms with Gasteiger partial charge in [0, 0.05) is 32.2 Å². The summed E-state index contributed by atoms with van der Waals surface area (Å²) in [5.41, 5.74) is 3.66. The number of carbonyl (C=O) groups excluding carboxylic acids is 3. The van der Waals surface area contributed by atoms with Gasteiger partial charge in [0.25, 0.3) is 0 Å². The van der Waals surface area contributed by atoms with Crippen LogP contribution in [0.2, 0.25) is 0 Å². The molecule has 1 aromatic carbocycles. The number of rotatable bonds is 10. The van der Waals surface area contributed by atoms with E-state index < -0.39 is 17.4 Å². The highest BCUT2D eigenvalue weighted by molar-refractivity contribution is 5.89. The van der Waals surface area contributed by atoms with Crippen molar-refractivity contribution < 1.29 is 19.6 Å². The Hall–Kier alpha value is -2.45. The summed E-state index contributed by atoms with van der Waals surface area (Å²) in [6.45, 7) is 11.2. The first-order chi connectivity index (χ1) is 18.1. The number of likely N-dealkylation sites (tertiary alicyclic amines) is 1. The van der Waals surface area contributed by atoms with Crippen molar-refractivity contribution in [3.8, 4) is 0 Å². The van der Waals surface area contributed by atoms with Gasteiger partial charge in [-0.2, -0.15) is 0 Å². The molecule has 0 bridgehead atoms. The minimum atomic E-state index is -0.675. The topological polar surface area (TPSA) is 93.2 Å². The van der Waals surface area contributed by atoms with Gasteiger partial charge in [0.15, 0.2) is 0 Å². The second-order valence-corrected chi connectivity index (χ2v) is 12.7. The van der Waals surface area contributed by atoms with E-state index in [9.17, 15) is 19.6 Å². The number of fused-ring (bicyclic) bond motifs is 1. The lowest BCUT2D eigenvalue weighted by Crippen LogP contribution is -2.56. The van der Waals surface area contributed by atoms with Gasteiger partial charge in [-0.25, -0.2) is 5.06 Å². The third kappa shape index (κ3) is 6.75. The van der Waals surface area contributed by atoms with Crippen molar-refractivity contribution in [3.63, 3.8) is 0 Å². The van der Waals surface area contributed by atoms with Crippen LogP contribution in [0.5, 0.6) is 0 Å². The monoisotopic (exact) mass is 526 g/mol. The first kappa shape index (κ1) is 28.6. The van der Waals surface area contributed by atoms with Gasteiger partial charge in [-0.3, -0.25) is 24.5 Å². The second-order valence-electron chi connectivity index (χ2n) is 12.7. The molecular formula is C30H46N4O4. The quantitative estimate of drug-likeness (QED) is 0.275. The number of hydrogen-bond donors (Lipinski definition) is 2. The molecule has 210 valence electrons. The summed E-state index contributed by atoms with van der Waals surface area (Å²) in [4.78, 5) is 42.8. The van der Waals surface area contributed by atoms with E-state index in [-0.39, 0.29) is 18.4 Å². The van der Waals surface area contributed by atoms with E-state index in [4.69, 9.17) is 0 Å². The molecule has 1 saturated heterocycles. The molecule has 8 heteroatoms. The van der Waals surface area contributed by atoms with E-state index in [1.807, 2.05) is 25.7 Å². The van der Waals surface area contributed by atoms with Crippen LogP contribution in [-0.2, 0) is 33.9 Å². The Labute approximate surface area is 227 Å². The molecular weight excluding hydrogens is 480 g/mol. The molecule has 3 aliphatic rings. The van der Waals surface area contributed by atoms with Crippen LogP contribution in [0.15, 0.2) is 18.2 Å². The summed E-state index contributed by atoms with van der Waals surface area (Å²) in [5.74, 6) is -0.446. The highest BCUT2D eigenvalue weighted by Crippen LogP contribution is 2.32. The summed E-state index contributed by atoms with van der Waals surface area (Å²) in [6.07, 6.45) is 7.34. The minimum absolute atomic E-state index is 0.0470. The third-order valence-electron chi connectivity index (χ3n) is 8.81. The summed E-state index contributed by atoms with van der Waals surface area (Å²) in [7, 11) is 0. The number of hydrogen-bond acceptors (Lipinski definition) is 5. The number of nitrogens with one attached hydrogen (secondary N) is 1. The summed E-state index contributed by atoms with van der Waals surface area (Å²) >= 11 is 0. The number of aryl methyl sites for hydroxylation is 1. The predicted molar refractivity (Wildman–Crippen MR) is 146 cm³/mol. The van der Waals surface area contributed by atoms with E-state index in [1.54, 1.807) is 0 Å². The summed E-state index contributed by atoms with van der Waals surface area (Å²) in [5, 5.41) is 13.5. The second kappa shape index (κ2) is 12.2. The Balaban J connectivity index is 1.40. The molecule has 1 aromatic rings. The minimum Gasteiger partial charge on any atom is -0.344 e. The van der Waals surface area contributed by atoms with Gasteiger partial charge in [-0.05, 0) is 47.3 Å². The van der Waals surface area contributed by atoms with Crippen molar-refractivity contribution in [2.45, 2.75) is 97.8 Å². The lowest BCUT2D eigenvalue weighted by molar-refractivity contribution is -0.155. The normalized spacial score (nSPS) is 21.8. The van der Waals surface area contributed by atoms with Gasteiger partial charge < -0.3 is 10.2 Å². The standard InChI is InChI=1S/C30H46N4O4/c1-5-21-10-11-23-16-33(17-24(23)14-21)26-12-13-32(19-26)29(37)27(30(2,3)4)31-28(36)25(18-34(38)20-35)15-22-8-6-7-9-22/h10-11,14,20,22,25-27,38H,5-9,12-13,15-19H2,1-4H3,(H,31,36)/t25-,26?,27-/m1/s1. The average Bonchev–Trinajstić information content (AvgIpc) is 3.65. The van der Waals surface area contributed by atoms with Gasteiger partial charge in [0.05, 0.1) is 12.5 Å². The molecule has 2 fully saturated rings. The lowest BCUT2D eigenvalue weighted by Gasteiger charge is -2.35. The third-order valence-corrected chi connectivity index (χ3v) is 8.81. The number of nitrogens with zero attached hydrogens (tertiary/aromatic N) is 3. The lowest BCUT2D eigenvalue weighted by atomic mass is 9.84. The van der Waals surface area contributed by atoms with Crippen LogP contribution in [0, 0.1) is 17.3 Å². The molecule has 8 nitrogen and oxygen atoms in total. The average molecular weight is 527 g/mol. The Bertz CT molecular complexity index is 1000. The molecule has 4 rings (SSSR count). The molecule has 0 radical (unpaired) electrons. The number of hydroxylamine groups is 2. The zero-order valence-corrected chi connectivity index (χ0v) is 23.6. The summed E-state index contributed by atoms with van der Waals surface area (Å²) in [6, 6.07) is 6.41. The van der Waals surface area contributed by atoms with Gasteiger partial charge in [0.2, 0.25) is 18.2 Å². The molecule has 1 saturated carbocycles. The van der Waals surface area contributed by atoms with Crippen LogP contribution in [0.1, 0.15) is 82.9 Å². The van der Waals surface area contributed by atoms with E-state index in [2.05, 4.69) is 35.3 Å². The number of benzene rings is 1. The maximum Gasteiger partial charge on any atom is 0.245 e. The zero-order valence-electron chi connectivity index (χ0n) is 23.6. The first-order valence-electron chi connectivity index (χ1n) is 14.4. The fourth-order valence-electron chi connectivity index (χ4n) is 6.47. The molecule has 1 unspecified atom stereocenters. The molecule has 1 aliphatic carbocycles. The summed E-state index contributed by atoms with van der Waals surface area (Å²) < 4.78 is 0. The van der Waals surface area contributed by atoms with Crippen molar-refractivity contribution in [1.82, 2.24) is 20.2 Å². The van der Waals surface area contributed by atoms with Crippen LogP contribution in [0.3, 0.4) is 0 Å². The highest BCUT2D eigenvalue weighted by atomic mass is 16.5. The van der Waals surface area contributed by atoms with E-state index in [1.165, 1.54) is 16.7 Å². The number of amides is 3. The van der Waals surface area contributed by atoms with E-state index in [0.717, 1.165) is 51.6 Å². The Morgan fingerprint density at radius 1 is 1.16 bits per heavy atom. The van der Waals surface area contributed by atoms with Gasteiger partial charge in [0.1, 0.15) is 6.04 Å². The molecule has 2 N–H and O–H groups in total. The van der Waals surface area contributed by atoms with Crippen molar-refractivity contribution in [2.24, 2.45) is 17.3 Å². The molecule has 0 aromatic heterocycles. The smallest absolute Gasteiger partial charge is 0.245 e. The molecule has 3 amide bonds. The van der Waals surface area contributed by atoms with Crippen LogP contribution in [0.25, 0.3) is 0 Å².